The van der Waals surface area contributed by atoms with Crippen LogP contribution in [0, 0.1) is 11.7 Å². The van der Waals surface area contributed by atoms with Gasteiger partial charge in [-0.25, -0.2) is 4.39 Å². The molecule has 0 aliphatic heterocycles. The molecule has 0 heterocycles. The standard InChI is InChI=1S/C11H14ClFO/c1-3-8(2)7-14-9-4-5-10(12)11(13)6-9/h4-6,8H,3,7H2,1-2H3. The van der Waals surface area contributed by atoms with Crippen molar-refractivity contribution in [1.29, 1.82) is 0 Å². The summed E-state index contributed by atoms with van der Waals surface area (Å²) in [7, 11) is 0. The van der Waals surface area contributed by atoms with E-state index >= 15 is 0 Å². The first kappa shape index (κ1) is 11.3. The van der Waals surface area contributed by atoms with Gasteiger partial charge in [0.25, 0.3) is 0 Å². The fourth-order valence-electron chi connectivity index (χ4n) is 0.923. The van der Waals surface area contributed by atoms with E-state index in [0.717, 1.165) is 6.42 Å². The highest BCUT2D eigenvalue weighted by atomic mass is 35.5. The molecule has 1 aromatic rings. The highest BCUT2D eigenvalue weighted by Crippen LogP contribution is 2.20. The van der Waals surface area contributed by atoms with Crippen molar-refractivity contribution in [2.75, 3.05) is 6.61 Å². The zero-order valence-corrected chi connectivity index (χ0v) is 9.14. The quantitative estimate of drug-likeness (QED) is 0.742. The van der Waals surface area contributed by atoms with Crippen molar-refractivity contribution >= 4 is 11.6 Å². The smallest absolute Gasteiger partial charge is 0.145 e. The third kappa shape index (κ3) is 3.18. The fourth-order valence-corrected chi connectivity index (χ4v) is 1.04. The van der Waals surface area contributed by atoms with Gasteiger partial charge in [-0.1, -0.05) is 31.9 Å². The van der Waals surface area contributed by atoms with Crippen molar-refractivity contribution in [2.24, 2.45) is 5.92 Å². The molecule has 1 nitrogen and oxygen atoms in total. The Labute approximate surface area is 88.8 Å². The Morgan fingerprint density at radius 2 is 2.21 bits per heavy atom. The Hall–Kier alpha value is -0.760. The maximum Gasteiger partial charge on any atom is 0.145 e. The van der Waals surface area contributed by atoms with Gasteiger partial charge in [-0.05, 0) is 18.1 Å². The summed E-state index contributed by atoms with van der Waals surface area (Å²) < 4.78 is 18.4. The normalized spacial score (nSPS) is 12.6. The number of rotatable bonds is 4. The molecule has 0 N–H and O–H groups in total. The summed E-state index contributed by atoms with van der Waals surface area (Å²) in [5.41, 5.74) is 0. The molecular weight excluding hydrogens is 203 g/mol. The Kier molecular flexibility index (Phi) is 4.21. The van der Waals surface area contributed by atoms with Gasteiger partial charge in [-0.15, -0.1) is 0 Å². The molecule has 0 saturated carbocycles. The van der Waals surface area contributed by atoms with E-state index in [1.165, 1.54) is 12.1 Å². The van der Waals surface area contributed by atoms with Crippen molar-refractivity contribution < 1.29 is 9.13 Å². The molecule has 0 radical (unpaired) electrons. The first-order chi connectivity index (χ1) is 6.63. The second kappa shape index (κ2) is 5.20. The fraction of sp³-hybridized carbons (Fsp3) is 0.455. The van der Waals surface area contributed by atoms with Gasteiger partial charge in [0.2, 0.25) is 0 Å². The monoisotopic (exact) mass is 216 g/mol. The minimum Gasteiger partial charge on any atom is -0.493 e. The lowest BCUT2D eigenvalue weighted by molar-refractivity contribution is 0.255. The minimum atomic E-state index is -0.437. The Morgan fingerprint density at radius 3 is 2.79 bits per heavy atom. The predicted molar refractivity (Wildman–Crippen MR) is 56.4 cm³/mol. The molecule has 0 saturated heterocycles. The Balaban J connectivity index is 2.55. The highest BCUT2D eigenvalue weighted by Gasteiger charge is 2.03. The Bertz CT molecular complexity index is 301. The second-order valence-electron chi connectivity index (χ2n) is 3.40. The molecule has 3 heteroatoms. The molecule has 78 valence electrons. The zero-order valence-electron chi connectivity index (χ0n) is 8.39. The lowest BCUT2D eigenvalue weighted by Gasteiger charge is -2.10. The summed E-state index contributed by atoms with van der Waals surface area (Å²) in [5.74, 6) is 0.578. The first-order valence-corrected chi connectivity index (χ1v) is 5.09. The van der Waals surface area contributed by atoms with Crippen LogP contribution in [-0.2, 0) is 0 Å². The maximum atomic E-state index is 13.0. The van der Waals surface area contributed by atoms with E-state index < -0.39 is 5.82 Å². The van der Waals surface area contributed by atoms with Gasteiger partial charge >= 0.3 is 0 Å². The van der Waals surface area contributed by atoms with E-state index in [2.05, 4.69) is 13.8 Å². The molecule has 0 amide bonds. The van der Waals surface area contributed by atoms with Gasteiger partial charge in [-0.3, -0.25) is 0 Å². The largest absolute Gasteiger partial charge is 0.493 e. The first-order valence-electron chi connectivity index (χ1n) is 4.71. The van der Waals surface area contributed by atoms with E-state index in [1.807, 2.05) is 0 Å². The number of benzene rings is 1. The summed E-state index contributed by atoms with van der Waals surface area (Å²) in [6, 6.07) is 4.49. The third-order valence-corrected chi connectivity index (χ3v) is 2.43. The van der Waals surface area contributed by atoms with Crippen LogP contribution in [0.2, 0.25) is 5.02 Å². The van der Waals surface area contributed by atoms with Gasteiger partial charge in [0, 0.05) is 6.07 Å². The highest BCUT2D eigenvalue weighted by molar-refractivity contribution is 6.30. The van der Waals surface area contributed by atoms with Crippen LogP contribution in [0.4, 0.5) is 4.39 Å². The molecule has 0 fully saturated rings. The van der Waals surface area contributed by atoms with Crippen LogP contribution >= 0.6 is 11.6 Å². The van der Waals surface area contributed by atoms with Crippen molar-refractivity contribution in [3.63, 3.8) is 0 Å². The van der Waals surface area contributed by atoms with Crippen LogP contribution in [0.15, 0.2) is 18.2 Å². The van der Waals surface area contributed by atoms with Crippen LogP contribution in [0.25, 0.3) is 0 Å². The average Bonchev–Trinajstić information content (AvgIpc) is 2.19. The average molecular weight is 217 g/mol. The number of ether oxygens (including phenoxy) is 1. The summed E-state index contributed by atoms with van der Waals surface area (Å²) in [4.78, 5) is 0. The van der Waals surface area contributed by atoms with E-state index in [1.54, 1.807) is 6.07 Å². The molecule has 0 aromatic heterocycles. The Morgan fingerprint density at radius 1 is 1.50 bits per heavy atom. The van der Waals surface area contributed by atoms with Crippen LogP contribution in [0.3, 0.4) is 0 Å². The molecule has 1 aromatic carbocycles. The van der Waals surface area contributed by atoms with Crippen LogP contribution in [0.5, 0.6) is 5.75 Å². The van der Waals surface area contributed by atoms with Crippen LogP contribution in [-0.4, -0.2) is 6.61 Å². The predicted octanol–water partition coefficient (Wildman–Crippen LogP) is 3.90. The van der Waals surface area contributed by atoms with E-state index in [-0.39, 0.29) is 5.02 Å². The van der Waals surface area contributed by atoms with Crippen LogP contribution < -0.4 is 4.74 Å². The second-order valence-corrected chi connectivity index (χ2v) is 3.81. The third-order valence-electron chi connectivity index (χ3n) is 2.12. The molecule has 0 aliphatic rings. The molecule has 0 aliphatic carbocycles. The van der Waals surface area contributed by atoms with Gasteiger partial charge in [-0.2, -0.15) is 0 Å². The van der Waals surface area contributed by atoms with Gasteiger partial charge in [0.05, 0.1) is 11.6 Å². The van der Waals surface area contributed by atoms with Crippen molar-refractivity contribution in [3.05, 3.63) is 29.0 Å². The zero-order chi connectivity index (χ0) is 10.6. The minimum absolute atomic E-state index is 0.126. The van der Waals surface area contributed by atoms with Gasteiger partial charge in [0.1, 0.15) is 11.6 Å². The lowest BCUT2D eigenvalue weighted by atomic mass is 10.1. The van der Waals surface area contributed by atoms with Crippen LogP contribution in [0.1, 0.15) is 20.3 Å². The lowest BCUT2D eigenvalue weighted by Crippen LogP contribution is -2.07. The topological polar surface area (TPSA) is 9.23 Å². The molecule has 1 rings (SSSR count). The van der Waals surface area contributed by atoms with E-state index in [4.69, 9.17) is 16.3 Å². The number of halogens is 2. The molecular formula is C11H14ClFO. The van der Waals surface area contributed by atoms with Crippen molar-refractivity contribution in [3.8, 4) is 5.75 Å². The SMILES string of the molecule is CCC(C)COc1ccc(Cl)c(F)c1. The summed E-state index contributed by atoms with van der Waals surface area (Å²) in [6.07, 6.45) is 1.05. The summed E-state index contributed by atoms with van der Waals surface area (Å²) in [5, 5.41) is 0.126. The van der Waals surface area contributed by atoms with E-state index in [0.29, 0.717) is 18.3 Å². The number of hydrogen-bond acceptors (Lipinski definition) is 1. The summed E-state index contributed by atoms with van der Waals surface area (Å²) >= 11 is 5.54. The molecule has 14 heavy (non-hydrogen) atoms. The van der Waals surface area contributed by atoms with E-state index in [9.17, 15) is 4.39 Å². The summed E-state index contributed by atoms with van der Waals surface area (Å²) in [6.45, 7) is 4.79. The van der Waals surface area contributed by atoms with Gasteiger partial charge < -0.3 is 4.74 Å². The number of hydrogen-bond donors (Lipinski definition) is 0. The molecule has 1 atom stereocenters. The molecule has 1 unspecified atom stereocenters. The molecule has 0 spiro atoms. The van der Waals surface area contributed by atoms with Gasteiger partial charge in [0.15, 0.2) is 0 Å². The maximum absolute atomic E-state index is 13.0. The molecule has 0 bridgehead atoms. The van der Waals surface area contributed by atoms with Crippen molar-refractivity contribution in [1.82, 2.24) is 0 Å². The van der Waals surface area contributed by atoms with Crippen molar-refractivity contribution in [2.45, 2.75) is 20.3 Å².